The summed E-state index contributed by atoms with van der Waals surface area (Å²) in [6.07, 6.45) is 0. The van der Waals surface area contributed by atoms with Crippen molar-refractivity contribution in [1.82, 2.24) is 4.98 Å². The Hall–Kier alpha value is -3.05. The molecule has 0 radical (unpaired) electrons. The van der Waals surface area contributed by atoms with Gasteiger partial charge >= 0.3 is 0 Å². The van der Waals surface area contributed by atoms with Crippen molar-refractivity contribution >= 4 is 17.5 Å². The van der Waals surface area contributed by atoms with Crippen molar-refractivity contribution < 1.29 is 14.3 Å². The zero-order valence-corrected chi connectivity index (χ0v) is 15.6. The number of ether oxygens (including phenoxy) is 2. The van der Waals surface area contributed by atoms with Crippen LogP contribution < -0.4 is 15.2 Å². The molecule has 3 aromatic rings. The predicted molar refractivity (Wildman–Crippen MR) is 105 cm³/mol. The minimum Gasteiger partial charge on any atom is -0.497 e. The van der Waals surface area contributed by atoms with Crippen LogP contribution in [0.3, 0.4) is 0 Å². The van der Waals surface area contributed by atoms with Crippen LogP contribution >= 0.6 is 11.6 Å². The van der Waals surface area contributed by atoms with Gasteiger partial charge in [-0.25, -0.2) is 0 Å². The van der Waals surface area contributed by atoms with E-state index in [0.717, 1.165) is 16.9 Å². The summed E-state index contributed by atoms with van der Waals surface area (Å²) in [4.78, 5) is 15.9. The smallest absolute Gasteiger partial charge is 0.248 e. The summed E-state index contributed by atoms with van der Waals surface area (Å²) in [6.45, 7) is 0.399. The van der Waals surface area contributed by atoms with Crippen molar-refractivity contribution in [3.63, 3.8) is 0 Å². The van der Waals surface area contributed by atoms with Crippen molar-refractivity contribution in [3.8, 4) is 22.8 Å². The van der Waals surface area contributed by atoms with E-state index in [1.54, 1.807) is 31.4 Å². The number of carbonyl (C=O) groups excluding carboxylic acids is 1. The molecule has 0 aliphatic rings. The van der Waals surface area contributed by atoms with Crippen molar-refractivity contribution in [2.24, 2.45) is 5.73 Å². The molecule has 0 atom stereocenters. The molecule has 2 N–H and O–H groups in total. The van der Waals surface area contributed by atoms with Gasteiger partial charge in [-0.1, -0.05) is 24.3 Å². The van der Waals surface area contributed by atoms with E-state index in [9.17, 15) is 4.79 Å². The highest BCUT2D eigenvalue weighted by molar-refractivity contribution is 6.16. The Kier molecular flexibility index (Phi) is 5.94. The highest BCUT2D eigenvalue weighted by atomic mass is 35.5. The first-order valence-corrected chi connectivity index (χ1v) is 8.85. The topological polar surface area (TPSA) is 74.4 Å². The SMILES string of the molecule is COc1ccc(COc2cc(CCl)nc(-c3cccc(C(N)=O)c3)c2)cc1. The van der Waals surface area contributed by atoms with E-state index >= 15 is 0 Å². The number of nitrogens with zero attached hydrogens (tertiary/aromatic N) is 1. The first kappa shape index (κ1) is 18.7. The fourth-order valence-electron chi connectivity index (χ4n) is 2.58. The first-order chi connectivity index (χ1) is 13.1. The number of rotatable bonds is 7. The minimum absolute atomic E-state index is 0.252. The Bertz CT molecular complexity index is 942. The second-order valence-electron chi connectivity index (χ2n) is 5.89. The Morgan fingerprint density at radius 3 is 2.52 bits per heavy atom. The van der Waals surface area contributed by atoms with Gasteiger partial charge in [0.25, 0.3) is 0 Å². The van der Waals surface area contributed by atoms with Gasteiger partial charge in [0.05, 0.1) is 24.4 Å². The molecule has 0 saturated heterocycles. The fourth-order valence-corrected chi connectivity index (χ4v) is 2.72. The summed E-state index contributed by atoms with van der Waals surface area (Å²) in [6, 6.07) is 18.3. The third kappa shape index (κ3) is 4.77. The van der Waals surface area contributed by atoms with Gasteiger partial charge in [0.1, 0.15) is 18.1 Å². The second-order valence-corrected chi connectivity index (χ2v) is 6.16. The maximum absolute atomic E-state index is 11.4. The molecule has 1 amide bonds. The molecule has 2 aromatic carbocycles. The lowest BCUT2D eigenvalue weighted by atomic mass is 10.1. The summed E-state index contributed by atoms with van der Waals surface area (Å²) >= 11 is 5.98. The molecular weight excluding hydrogens is 364 g/mol. The minimum atomic E-state index is -0.485. The van der Waals surface area contributed by atoms with Crippen molar-refractivity contribution in [3.05, 3.63) is 77.5 Å². The van der Waals surface area contributed by atoms with E-state index < -0.39 is 5.91 Å². The molecule has 1 aromatic heterocycles. The van der Waals surface area contributed by atoms with Crippen molar-refractivity contribution in [2.75, 3.05) is 7.11 Å². The lowest BCUT2D eigenvalue weighted by Gasteiger charge is -2.11. The number of nitrogens with two attached hydrogens (primary N) is 1. The second kappa shape index (κ2) is 8.56. The average molecular weight is 383 g/mol. The Morgan fingerprint density at radius 1 is 1.07 bits per heavy atom. The number of primary amides is 1. The quantitative estimate of drug-likeness (QED) is 0.622. The Labute approximate surface area is 162 Å². The molecule has 3 rings (SSSR count). The van der Waals surface area contributed by atoms with E-state index in [1.807, 2.05) is 36.4 Å². The van der Waals surface area contributed by atoms with Crippen LogP contribution in [0.5, 0.6) is 11.5 Å². The molecule has 0 aliphatic heterocycles. The number of halogens is 1. The van der Waals surface area contributed by atoms with Crippen LogP contribution in [-0.4, -0.2) is 18.0 Å². The number of pyridine rings is 1. The van der Waals surface area contributed by atoms with Crippen LogP contribution in [0.2, 0.25) is 0 Å². The number of amides is 1. The third-order valence-electron chi connectivity index (χ3n) is 4.00. The van der Waals surface area contributed by atoms with Gasteiger partial charge < -0.3 is 15.2 Å². The molecule has 5 nitrogen and oxygen atoms in total. The van der Waals surface area contributed by atoms with E-state index in [1.165, 1.54) is 0 Å². The van der Waals surface area contributed by atoms with Gasteiger partial charge in [0.2, 0.25) is 5.91 Å². The van der Waals surface area contributed by atoms with E-state index in [-0.39, 0.29) is 5.88 Å². The molecule has 0 fully saturated rings. The lowest BCUT2D eigenvalue weighted by molar-refractivity contribution is 0.100. The zero-order valence-electron chi connectivity index (χ0n) is 14.8. The van der Waals surface area contributed by atoms with Crippen LogP contribution in [0.4, 0.5) is 0 Å². The van der Waals surface area contributed by atoms with Crippen LogP contribution in [0.15, 0.2) is 60.7 Å². The number of hydrogen-bond acceptors (Lipinski definition) is 4. The third-order valence-corrected chi connectivity index (χ3v) is 4.27. The molecule has 1 heterocycles. The normalized spacial score (nSPS) is 10.4. The number of methoxy groups -OCH3 is 1. The highest BCUT2D eigenvalue weighted by Gasteiger charge is 2.09. The van der Waals surface area contributed by atoms with Gasteiger partial charge in [-0.15, -0.1) is 11.6 Å². The Balaban J connectivity index is 1.84. The summed E-state index contributed by atoms with van der Waals surface area (Å²) in [5, 5.41) is 0. The van der Waals surface area contributed by atoms with Crippen molar-refractivity contribution in [1.29, 1.82) is 0 Å². The van der Waals surface area contributed by atoms with Gasteiger partial charge in [-0.2, -0.15) is 0 Å². The monoisotopic (exact) mass is 382 g/mol. The number of aromatic nitrogens is 1. The van der Waals surface area contributed by atoms with Gasteiger partial charge in [0.15, 0.2) is 0 Å². The molecule has 6 heteroatoms. The van der Waals surface area contributed by atoms with E-state index in [4.69, 9.17) is 26.8 Å². The van der Waals surface area contributed by atoms with Crippen LogP contribution in [0.1, 0.15) is 21.6 Å². The van der Waals surface area contributed by atoms with E-state index in [2.05, 4.69) is 4.98 Å². The molecule has 138 valence electrons. The van der Waals surface area contributed by atoms with Gasteiger partial charge in [-0.05, 0) is 29.8 Å². The predicted octanol–water partition coefficient (Wildman–Crippen LogP) is 4.17. The number of alkyl halides is 1. The van der Waals surface area contributed by atoms with Crippen LogP contribution in [0, 0.1) is 0 Å². The molecule has 0 aliphatic carbocycles. The molecule has 0 bridgehead atoms. The maximum Gasteiger partial charge on any atom is 0.248 e. The first-order valence-electron chi connectivity index (χ1n) is 8.32. The molecule has 0 unspecified atom stereocenters. The molecule has 27 heavy (non-hydrogen) atoms. The standard InChI is InChI=1S/C21H19ClN2O3/c1-26-18-7-5-14(6-8-18)13-27-19-10-17(12-22)24-20(11-19)15-3-2-4-16(9-15)21(23)25/h2-11H,12-13H2,1H3,(H2,23,25). The summed E-state index contributed by atoms with van der Waals surface area (Å²) in [5.41, 5.74) is 8.92. The average Bonchev–Trinajstić information content (AvgIpc) is 2.72. The largest absolute Gasteiger partial charge is 0.497 e. The van der Waals surface area contributed by atoms with Gasteiger partial charge in [0, 0.05) is 23.3 Å². The summed E-state index contributed by atoms with van der Waals surface area (Å²) in [7, 11) is 1.63. The highest BCUT2D eigenvalue weighted by Crippen LogP contribution is 2.25. The zero-order chi connectivity index (χ0) is 19.2. The summed E-state index contributed by atoms with van der Waals surface area (Å²) < 4.78 is 11.1. The summed E-state index contributed by atoms with van der Waals surface area (Å²) in [5.74, 6) is 1.21. The van der Waals surface area contributed by atoms with E-state index in [0.29, 0.717) is 29.3 Å². The lowest BCUT2D eigenvalue weighted by Crippen LogP contribution is -2.10. The fraction of sp³-hybridized carbons (Fsp3) is 0.143. The molecule has 0 spiro atoms. The van der Waals surface area contributed by atoms with Gasteiger partial charge in [-0.3, -0.25) is 9.78 Å². The number of benzene rings is 2. The molecule has 0 saturated carbocycles. The maximum atomic E-state index is 11.4. The number of hydrogen-bond donors (Lipinski definition) is 1. The number of carbonyl (C=O) groups is 1. The molecular formula is C21H19ClN2O3. The van der Waals surface area contributed by atoms with Crippen molar-refractivity contribution in [2.45, 2.75) is 12.5 Å². The van der Waals surface area contributed by atoms with Crippen LogP contribution in [-0.2, 0) is 12.5 Å². The van der Waals surface area contributed by atoms with Crippen LogP contribution in [0.25, 0.3) is 11.3 Å². The Morgan fingerprint density at radius 2 is 1.85 bits per heavy atom.